The minimum atomic E-state index is -0.128. The molecule has 2 heterocycles. The van der Waals surface area contributed by atoms with E-state index in [2.05, 4.69) is 38.5 Å². The van der Waals surface area contributed by atoms with E-state index >= 15 is 0 Å². The maximum absolute atomic E-state index is 12.2. The lowest BCUT2D eigenvalue weighted by atomic mass is 10.2. The van der Waals surface area contributed by atoms with Gasteiger partial charge in [-0.05, 0) is 29.7 Å². The van der Waals surface area contributed by atoms with E-state index in [1.165, 1.54) is 21.8 Å². The van der Waals surface area contributed by atoms with Gasteiger partial charge in [-0.15, -0.1) is 11.8 Å². The van der Waals surface area contributed by atoms with Crippen LogP contribution in [0.25, 0.3) is 10.9 Å². The van der Waals surface area contributed by atoms with Crippen molar-refractivity contribution in [3.63, 3.8) is 0 Å². The molecule has 2 aromatic carbocycles. The Hall–Kier alpha value is -3.52. The number of amides is 2. The minimum absolute atomic E-state index is 0.0983. The molecule has 2 N–H and O–H groups in total. The number of hydrogen-bond acceptors (Lipinski definition) is 4. The Labute approximate surface area is 184 Å². The molecule has 158 valence electrons. The summed E-state index contributed by atoms with van der Waals surface area (Å²) in [6.45, 7) is 1.32. The number of thioether (sulfide) groups is 1. The predicted molar refractivity (Wildman–Crippen MR) is 123 cm³/mol. The van der Waals surface area contributed by atoms with E-state index in [1.54, 1.807) is 12.4 Å². The van der Waals surface area contributed by atoms with Crippen molar-refractivity contribution in [2.45, 2.75) is 18.0 Å². The van der Waals surface area contributed by atoms with Crippen LogP contribution in [0.3, 0.4) is 0 Å². The molecule has 2 aromatic heterocycles. The van der Waals surface area contributed by atoms with Gasteiger partial charge in [0, 0.05) is 35.9 Å². The zero-order valence-corrected chi connectivity index (χ0v) is 17.7. The second-order valence-electron chi connectivity index (χ2n) is 6.99. The average Bonchev–Trinajstić information content (AvgIpc) is 3.40. The van der Waals surface area contributed by atoms with Crippen LogP contribution in [0.5, 0.6) is 0 Å². The van der Waals surface area contributed by atoms with Crippen LogP contribution in [0.4, 0.5) is 5.69 Å². The number of carbonyl (C=O) groups excluding carboxylic acids is 2. The van der Waals surface area contributed by atoms with E-state index < -0.39 is 0 Å². The Morgan fingerprint density at radius 1 is 0.968 bits per heavy atom. The Bertz CT molecular complexity index is 1170. The van der Waals surface area contributed by atoms with Gasteiger partial charge in [0.15, 0.2) is 0 Å². The number of aromatic nitrogens is 3. The summed E-state index contributed by atoms with van der Waals surface area (Å²) in [6.07, 6.45) is 5.23. The Morgan fingerprint density at radius 3 is 2.65 bits per heavy atom. The van der Waals surface area contributed by atoms with Crippen LogP contribution in [0.15, 0.2) is 84.1 Å². The molecule has 7 nitrogen and oxygen atoms in total. The summed E-state index contributed by atoms with van der Waals surface area (Å²) in [7, 11) is 0. The third-order valence-corrected chi connectivity index (χ3v) is 5.70. The van der Waals surface area contributed by atoms with Crippen LogP contribution in [-0.2, 0) is 22.7 Å². The number of carbonyl (C=O) groups is 2. The molecule has 31 heavy (non-hydrogen) atoms. The van der Waals surface area contributed by atoms with E-state index in [1.807, 2.05) is 48.7 Å². The van der Waals surface area contributed by atoms with Crippen molar-refractivity contribution < 1.29 is 9.59 Å². The second-order valence-corrected chi connectivity index (χ2v) is 8.04. The first-order valence-electron chi connectivity index (χ1n) is 9.98. The summed E-state index contributed by atoms with van der Waals surface area (Å²) in [5.74, 6) is 0.0675. The van der Waals surface area contributed by atoms with Gasteiger partial charge in [0.2, 0.25) is 11.8 Å². The predicted octanol–water partition coefficient (Wildman–Crippen LogP) is 3.39. The van der Waals surface area contributed by atoms with E-state index in [9.17, 15) is 9.59 Å². The zero-order chi connectivity index (χ0) is 21.5. The lowest BCUT2D eigenvalue weighted by molar-refractivity contribution is -0.121. The normalized spacial score (nSPS) is 10.8. The number of fused-ring (bicyclic) bond motifs is 1. The molecule has 0 fully saturated rings. The fourth-order valence-corrected chi connectivity index (χ4v) is 3.95. The third kappa shape index (κ3) is 5.76. The largest absolute Gasteiger partial charge is 0.353 e. The highest BCUT2D eigenvalue weighted by molar-refractivity contribution is 8.00. The molecule has 0 atom stereocenters. The third-order valence-electron chi connectivity index (χ3n) is 4.69. The van der Waals surface area contributed by atoms with E-state index in [4.69, 9.17) is 0 Å². The SMILES string of the molecule is O=C(Cn1cc(NC(=O)CSc2ccccc2)cn1)NCCn1ccc2ccccc21. The van der Waals surface area contributed by atoms with Crippen molar-refractivity contribution in [3.05, 3.63) is 79.3 Å². The fraction of sp³-hybridized carbons (Fsp3) is 0.174. The maximum atomic E-state index is 12.2. The quantitative estimate of drug-likeness (QED) is 0.397. The molecule has 0 aliphatic rings. The molecule has 4 aromatic rings. The van der Waals surface area contributed by atoms with Crippen LogP contribution >= 0.6 is 11.8 Å². The van der Waals surface area contributed by atoms with E-state index in [0.29, 0.717) is 24.5 Å². The van der Waals surface area contributed by atoms with Gasteiger partial charge in [0.05, 0.1) is 17.6 Å². The number of rotatable bonds is 9. The smallest absolute Gasteiger partial charge is 0.241 e. The molecule has 0 saturated heterocycles. The highest BCUT2D eigenvalue weighted by Gasteiger charge is 2.08. The van der Waals surface area contributed by atoms with Gasteiger partial charge in [0.1, 0.15) is 6.54 Å². The molecule has 0 aliphatic heterocycles. The van der Waals surface area contributed by atoms with E-state index in [-0.39, 0.29) is 18.4 Å². The molecule has 0 aliphatic carbocycles. The summed E-state index contributed by atoms with van der Waals surface area (Å²) >= 11 is 1.47. The van der Waals surface area contributed by atoms with Gasteiger partial charge in [0.25, 0.3) is 0 Å². The van der Waals surface area contributed by atoms with Crippen LogP contribution < -0.4 is 10.6 Å². The first-order chi connectivity index (χ1) is 15.2. The summed E-state index contributed by atoms with van der Waals surface area (Å²) < 4.78 is 3.63. The summed E-state index contributed by atoms with van der Waals surface area (Å²) in [5.41, 5.74) is 1.72. The van der Waals surface area contributed by atoms with Crippen molar-refractivity contribution in [1.82, 2.24) is 19.7 Å². The van der Waals surface area contributed by atoms with Gasteiger partial charge in [-0.25, -0.2) is 0 Å². The van der Waals surface area contributed by atoms with Crippen LogP contribution in [0.2, 0.25) is 0 Å². The molecule has 0 spiro atoms. The first kappa shape index (κ1) is 20.7. The van der Waals surface area contributed by atoms with Crippen molar-refractivity contribution >= 4 is 40.2 Å². The van der Waals surface area contributed by atoms with Gasteiger partial charge in [-0.3, -0.25) is 14.3 Å². The molecule has 8 heteroatoms. The lowest BCUT2D eigenvalue weighted by Gasteiger charge is -2.08. The monoisotopic (exact) mass is 433 g/mol. The van der Waals surface area contributed by atoms with Gasteiger partial charge >= 0.3 is 0 Å². The Balaban J connectivity index is 1.20. The van der Waals surface area contributed by atoms with Crippen molar-refractivity contribution in [2.75, 3.05) is 17.6 Å². The van der Waals surface area contributed by atoms with Gasteiger partial charge in [-0.2, -0.15) is 5.10 Å². The maximum Gasteiger partial charge on any atom is 0.241 e. The summed E-state index contributed by atoms with van der Waals surface area (Å²) in [5, 5.41) is 11.1. The molecule has 0 bridgehead atoms. The molecule has 0 radical (unpaired) electrons. The first-order valence-corrected chi connectivity index (χ1v) is 11.0. The molecular weight excluding hydrogens is 410 g/mol. The Kier molecular flexibility index (Phi) is 6.68. The summed E-state index contributed by atoms with van der Waals surface area (Å²) in [6, 6.07) is 20.0. The number of nitrogens with zero attached hydrogens (tertiary/aromatic N) is 3. The highest BCUT2D eigenvalue weighted by atomic mass is 32.2. The van der Waals surface area contributed by atoms with Crippen LogP contribution in [0.1, 0.15) is 0 Å². The lowest BCUT2D eigenvalue weighted by Crippen LogP contribution is -2.30. The van der Waals surface area contributed by atoms with Crippen molar-refractivity contribution in [2.24, 2.45) is 0 Å². The number of nitrogens with one attached hydrogen (secondary N) is 2. The van der Waals surface area contributed by atoms with Crippen molar-refractivity contribution in [1.29, 1.82) is 0 Å². The molecule has 0 unspecified atom stereocenters. The van der Waals surface area contributed by atoms with Crippen LogP contribution in [-0.4, -0.2) is 38.5 Å². The number of anilines is 1. The van der Waals surface area contributed by atoms with Crippen molar-refractivity contribution in [3.8, 4) is 0 Å². The topological polar surface area (TPSA) is 80.9 Å². The van der Waals surface area contributed by atoms with Gasteiger partial charge in [-0.1, -0.05) is 36.4 Å². The number of benzene rings is 2. The zero-order valence-electron chi connectivity index (χ0n) is 16.9. The van der Waals surface area contributed by atoms with Gasteiger partial charge < -0.3 is 15.2 Å². The fourth-order valence-electron chi connectivity index (χ4n) is 3.23. The molecular formula is C23H23N5O2S. The van der Waals surface area contributed by atoms with Crippen LogP contribution in [0, 0.1) is 0 Å². The summed E-state index contributed by atoms with van der Waals surface area (Å²) in [4.78, 5) is 25.4. The Morgan fingerprint density at radius 2 is 1.77 bits per heavy atom. The highest BCUT2D eigenvalue weighted by Crippen LogP contribution is 2.17. The second kappa shape index (κ2) is 9.99. The molecule has 0 saturated carbocycles. The molecule has 2 amide bonds. The van der Waals surface area contributed by atoms with E-state index in [0.717, 1.165) is 10.4 Å². The molecule has 4 rings (SSSR count). The standard InChI is InChI=1S/C23H23N5O2S/c29-22(24-11-13-27-12-10-18-6-4-5-9-21(18)27)16-28-15-19(14-25-28)26-23(30)17-31-20-7-2-1-3-8-20/h1-10,12,14-15H,11,13,16-17H2,(H,24,29)(H,26,30). The number of para-hydroxylation sites is 1. The minimum Gasteiger partial charge on any atom is -0.353 e. The average molecular weight is 434 g/mol. The number of hydrogen-bond donors (Lipinski definition) is 2.